The third kappa shape index (κ3) is 3.81. The van der Waals surface area contributed by atoms with E-state index in [0.29, 0.717) is 10.8 Å². The number of likely N-dealkylation sites (N-methyl/N-ethyl adjacent to an activating group) is 1. The lowest BCUT2D eigenvalue weighted by Crippen LogP contribution is -2.35. The number of nitrogens with one attached hydrogen (secondary N) is 2. The number of hydrogen-bond acceptors (Lipinski definition) is 3. The van der Waals surface area contributed by atoms with Crippen LogP contribution in [0.25, 0.3) is 10.8 Å². The van der Waals surface area contributed by atoms with Crippen molar-refractivity contribution in [3.05, 3.63) is 82.0 Å². The van der Waals surface area contributed by atoms with E-state index in [0.717, 1.165) is 5.56 Å². The number of fused-ring (bicyclic) bond motifs is 1. The van der Waals surface area contributed by atoms with Crippen molar-refractivity contribution in [1.82, 2.24) is 15.2 Å². The van der Waals surface area contributed by atoms with E-state index >= 15 is 0 Å². The standard InChI is InChI=1S/C20H20FN3O2/c1-24(2)18(14-7-5-8-15(21)10-14)12-22-20(26)17-11-13-6-3-4-9-16(13)19(25)23-17/h3-11,18H,12H2,1-2H3,(H,22,26)(H,23,25). The molecule has 0 saturated heterocycles. The van der Waals surface area contributed by atoms with Crippen LogP contribution >= 0.6 is 0 Å². The number of amides is 1. The molecule has 6 heteroatoms. The summed E-state index contributed by atoms with van der Waals surface area (Å²) in [6.07, 6.45) is 0. The number of carbonyl (C=O) groups is 1. The molecule has 134 valence electrons. The molecule has 0 fully saturated rings. The predicted octanol–water partition coefficient (Wildman–Crippen LogP) is 2.70. The van der Waals surface area contributed by atoms with Crippen LogP contribution in [0.2, 0.25) is 0 Å². The lowest BCUT2D eigenvalue weighted by molar-refractivity contribution is 0.0937. The zero-order valence-corrected chi connectivity index (χ0v) is 14.6. The molecule has 0 aliphatic heterocycles. The molecule has 0 saturated carbocycles. The van der Waals surface area contributed by atoms with Gasteiger partial charge in [0.05, 0.1) is 6.04 Å². The van der Waals surface area contributed by atoms with Crippen molar-refractivity contribution in [2.75, 3.05) is 20.6 Å². The predicted molar refractivity (Wildman–Crippen MR) is 99.7 cm³/mol. The molecule has 1 heterocycles. The van der Waals surface area contributed by atoms with Gasteiger partial charge >= 0.3 is 0 Å². The van der Waals surface area contributed by atoms with E-state index in [9.17, 15) is 14.0 Å². The first kappa shape index (κ1) is 17.8. The molecule has 0 aliphatic carbocycles. The Labute approximate surface area is 150 Å². The van der Waals surface area contributed by atoms with Crippen LogP contribution in [0.1, 0.15) is 22.1 Å². The van der Waals surface area contributed by atoms with Gasteiger partial charge in [-0.25, -0.2) is 4.39 Å². The SMILES string of the molecule is CN(C)C(CNC(=O)c1cc2ccccc2c(=O)[nH]1)c1cccc(F)c1. The highest BCUT2D eigenvalue weighted by Crippen LogP contribution is 2.18. The largest absolute Gasteiger partial charge is 0.349 e. The summed E-state index contributed by atoms with van der Waals surface area (Å²) in [5.41, 5.74) is 0.662. The third-order valence-corrected chi connectivity index (χ3v) is 4.31. The van der Waals surface area contributed by atoms with Crippen molar-refractivity contribution >= 4 is 16.7 Å². The van der Waals surface area contributed by atoms with Crippen molar-refractivity contribution in [1.29, 1.82) is 0 Å². The summed E-state index contributed by atoms with van der Waals surface area (Å²) in [5.74, 6) is -0.698. The summed E-state index contributed by atoms with van der Waals surface area (Å²) in [6, 6.07) is 14.8. The van der Waals surface area contributed by atoms with Gasteiger partial charge in [0.1, 0.15) is 11.5 Å². The summed E-state index contributed by atoms with van der Waals surface area (Å²) < 4.78 is 13.5. The van der Waals surface area contributed by atoms with Gasteiger partial charge in [0, 0.05) is 11.9 Å². The van der Waals surface area contributed by atoms with Crippen molar-refractivity contribution in [3.8, 4) is 0 Å². The first-order valence-electron chi connectivity index (χ1n) is 8.28. The van der Waals surface area contributed by atoms with E-state index < -0.39 is 0 Å². The van der Waals surface area contributed by atoms with Gasteiger partial charge in [-0.3, -0.25) is 9.59 Å². The molecule has 1 amide bonds. The average molecular weight is 353 g/mol. The molecular formula is C20H20FN3O2. The van der Waals surface area contributed by atoms with E-state index in [1.165, 1.54) is 12.1 Å². The second-order valence-electron chi connectivity index (χ2n) is 6.34. The molecule has 26 heavy (non-hydrogen) atoms. The Balaban J connectivity index is 1.80. The van der Waals surface area contributed by atoms with Crippen molar-refractivity contribution in [3.63, 3.8) is 0 Å². The van der Waals surface area contributed by atoms with Gasteiger partial charge in [0.15, 0.2) is 0 Å². The normalized spacial score (nSPS) is 12.3. The monoisotopic (exact) mass is 353 g/mol. The van der Waals surface area contributed by atoms with Gasteiger partial charge < -0.3 is 15.2 Å². The van der Waals surface area contributed by atoms with Crippen LogP contribution in [-0.2, 0) is 0 Å². The number of rotatable bonds is 5. The smallest absolute Gasteiger partial charge is 0.267 e. The molecule has 0 bridgehead atoms. The Hall–Kier alpha value is -2.99. The molecule has 0 radical (unpaired) electrons. The highest BCUT2D eigenvalue weighted by molar-refractivity contribution is 5.96. The van der Waals surface area contributed by atoms with Crippen LogP contribution in [0.4, 0.5) is 4.39 Å². The highest BCUT2D eigenvalue weighted by Gasteiger charge is 2.17. The van der Waals surface area contributed by atoms with Gasteiger partial charge in [0.25, 0.3) is 11.5 Å². The van der Waals surface area contributed by atoms with Crippen LogP contribution in [0, 0.1) is 5.82 Å². The molecular weight excluding hydrogens is 333 g/mol. The fourth-order valence-corrected chi connectivity index (χ4v) is 2.93. The number of benzene rings is 2. The van der Waals surface area contributed by atoms with Gasteiger partial charge in [-0.2, -0.15) is 0 Å². The van der Waals surface area contributed by atoms with Gasteiger partial charge in [-0.05, 0) is 49.3 Å². The van der Waals surface area contributed by atoms with E-state index in [2.05, 4.69) is 10.3 Å². The average Bonchev–Trinajstić information content (AvgIpc) is 2.61. The fraction of sp³-hybridized carbons (Fsp3) is 0.200. The number of hydrogen-bond donors (Lipinski definition) is 2. The first-order valence-corrected chi connectivity index (χ1v) is 8.28. The van der Waals surface area contributed by atoms with Crippen LogP contribution < -0.4 is 10.9 Å². The number of halogens is 1. The zero-order chi connectivity index (χ0) is 18.7. The van der Waals surface area contributed by atoms with Crippen molar-refractivity contribution in [2.24, 2.45) is 0 Å². The maximum atomic E-state index is 13.5. The Morgan fingerprint density at radius 3 is 2.65 bits per heavy atom. The summed E-state index contributed by atoms with van der Waals surface area (Å²) >= 11 is 0. The van der Waals surface area contributed by atoms with Crippen LogP contribution in [0.15, 0.2) is 59.4 Å². The maximum Gasteiger partial charge on any atom is 0.267 e. The molecule has 0 spiro atoms. The van der Waals surface area contributed by atoms with Crippen molar-refractivity contribution < 1.29 is 9.18 Å². The van der Waals surface area contributed by atoms with Crippen LogP contribution in [-0.4, -0.2) is 36.4 Å². The second kappa shape index (κ2) is 7.49. The van der Waals surface area contributed by atoms with Crippen LogP contribution in [0.5, 0.6) is 0 Å². The molecule has 3 aromatic rings. The molecule has 1 unspecified atom stereocenters. The Morgan fingerprint density at radius 2 is 1.92 bits per heavy atom. The lowest BCUT2D eigenvalue weighted by Gasteiger charge is -2.25. The minimum absolute atomic E-state index is 0.193. The number of aromatic amines is 1. The topological polar surface area (TPSA) is 65.2 Å². The zero-order valence-electron chi connectivity index (χ0n) is 14.6. The quantitative estimate of drug-likeness (QED) is 0.741. The van der Waals surface area contributed by atoms with Gasteiger partial charge in [0.2, 0.25) is 0 Å². The van der Waals surface area contributed by atoms with E-state index in [4.69, 9.17) is 0 Å². The molecule has 1 aromatic heterocycles. The Morgan fingerprint density at radius 1 is 1.15 bits per heavy atom. The minimum Gasteiger partial charge on any atom is -0.349 e. The molecule has 1 atom stereocenters. The number of nitrogens with zero attached hydrogens (tertiary/aromatic N) is 1. The van der Waals surface area contributed by atoms with Gasteiger partial charge in [-0.15, -0.1) is 0 Å². The summed E-state index contributed by atoms with van der Waals surface area (Å²) in [7, 11) is 3.72. The molecule has 2 aromatic carbocycles. The number of H-pyrrole nitrogens is 1. The Bertz CT molecular complexity index is 998. The highest BCUT2D eigenvalue weighted by atomic mass is 19.1. The molecule has 0 aliphatic rings. The van der Waals surface area contributed by atoms with E-state index in [1.54, 1.807) is 30.3 Å². The number of pyridine rings is 1. The summed E-state index contributed by atoms with van der Waals surface area (Å²) in [5, 5.41) is 4.06. The first-order chi connectivity index (χ1) is 12.5. The number of carbonyl (C=O) groups excluding carboxylic acids is 1. The van der Waals surface area contributed by atoms with E-state index in [-0.39, 0.29) is 35.6 Å². The molecule has 5 nitrogen and oxygen atoms in total. The second-order valence-corrected chi connectivity index (χ2v) is 6.34. The lowest BCUT2D eigenvalue weighted by atomic mass is 10.1. The summed E-state index contributed by atoms with van der Waals surface area (Å²) in [4.78, 5) is 29.1. The summed E-state index contributed by atoms with van der Waals surface area (Å²) in [6.45, 7) is 0.282. The van der Waals surface area contributed by atoms with Crippen molar-refractivity contribution in [2.45, 2.75) is 6.04 Å². The third-order valence-electron chi connectivity index (χ3n) is 4.31. The van der Waals surface area contributed by atoms with Gasteiger partial charge in [-0.1, -0.05) is 30.3 Å². The number of aromatic nitrogens is 1. The minimum atomic E-state index is -0.379. The molecule has 2 N–H and O–H groups in total. The Kier molecular flexibility index (Phi) is 5.14. The van der Waals surface area contributed by atoms with Crippen LogP contribution in [0.3, 0.4) is 0 Å². The molecule has 3 rings (SSSR count). The fourth-order valence-electron chi connectivity index (χ4n) is 2.93. The van der Waals surface area contributed by atoms with E-state index in [1.807, 2.05) is 31.1 Å². The maximum absolute atomic E-state index is 13.5.